The summed E-state index contributed by atoms with van der Waals surface area (Å²) < 4.78 is 0.652. The zero-order valence-corrected chi connectivity index (χ0v) is 14.2. The molecule has 5 nitrogen and oxygen atoms in total. The molecule has 0 bridgehead atoms. The number of nitrogens with zero attached hydrogens (tertiary/aromatic N) is 3. The third-order valence-electron chi connectivity index (χ3n) is 4.48. The average Bonchev–Trinajstić information content (AvgIpc) is 3.26. The van der Waals surface area contributed by atoms with Crippen LogP contribution in [0, 0.1) is 0 Å². The van der Waals surface area contributed by atoms with Crippen LogP contribution in [0.2, 0.25) is 4.34 Å². The summed E-state index contributed by atoms with van der Waals surface area (Å²) in [5.41, 5.74) is 2.42. The molecule has 1 atom stereocenters. The van der Waals surface area contributed by atoms with E-state index in [2.05, 4.69) is 15.3 Å². The molecule has 7 heteroatoms. The van der Waals surface area contributed by atoms with Crippen molar-refractivity contribution in [2.24, 2.45) is 0 Å². The van der Waals surface area contributed by atoms with Gasteiger partial charge in [-0.25, -0.2) is 9.97 Å². The van der Waals surface area contributed by atoms with Gasteiger partial charge in [0.15, 0.2) is 0 Å². The first-order valence-corrected chi connectivity index (χ1v) is 9.04. The van der Waals surface area contributed by atoms with Crippen LogP contribution in [0.15, 0.2) is 18.5 Å². The van der Waals surface area contributed by atoms with Gasteiger partial charge in [-0.1, -0.05) is 11.6 Å². The number of carbonyl (C=O) groups is 1. The van der Waals surface area contributed by atoms with E-state index in [1.54, 1.807) is 18.5 Å². The van der Waals surface area contributed by atoms with Crippen LogP contribution in [0.4, 0.5) is 5.82 Å². The topological polar surface area (TPSA) is 58.1 Å². The minimum atomic E-state index is 0.0686. The van der Waals surface area contributed by atoms with E-state index >= 15 is 0 Å². The molecule has 120 valence electrons. The van der Waals surface area contributed by atoms with Crippen LogP contribution < -0.4 is 5.32 Å². The maximum Gasteiger partial charge on any atom is 0.264 e. The predicted octanol–water partition coefficient (Wildman–Crippen LogP) is 3.01. The van der Waals surface area contributed by atoms with E-state index in [0.29, 0.717) is 15.8 Å². The summed E-state index contributed by atoms with van der Waals surface area (Å²) in [4.78, 5) is 23.8. The second-order valence-electron chi connectivity index (χ2n) is 5.99. The molecule has 0 aromatic carbocycles. The Morgan fingerprint density at radius 1 is 1.35 bits per heavy atom. The number of fused-ring (bicyclic) bond motifs is 1. The van der Waals surface area contributed by atoms with Crippen molar-refractivity contribution < 1.29 is 4.79 Å². The minimum absolute atomic E-state index is 0.0686. The van der Waals surface area contributed by atoms with Gasteiger partial charge >= 0.3 is 0 Å². The number of anilines is 1. The smallest absolute Gasteiger partial charge is 0.264 e. The van der Waals surface area contributed by atoms with Crippen LogP contribution in [0.3, 0.4) is 0 Å². The Labute approximate surface area is 143 Å². The summed E-state index contributed by atoms with van der Waals surface area (Å²) >= 11 is 7.26. The highest BCUT2D eigenvalue weighted by Crippen LogP contribution is 2.28. The van der Waals surface area contributed by atoms with Crippen LogP contribution in [0.1, 0.15) is 33.8 Å². The number of carbonyl (C=O) groups excluding carboxylic acids is 1. The van der Waals surface area contributed by atoms with Gasteiger partial charge in [-0.15, -0.1) is 11.3 Å². The Morgan fingerprint density at radius 2 is 2.26 bits per heavy atom. The van der Waals surface area contributed by atoms with Crippen LogP contribution >= 0.6 is 22.9 Å². The van der Waals surface area contributed by atoms with Crippen molar-refractivity contribution in [3.8, 4) is 0 Å². The summed E-state index contributed by atoms with van der Waals surface area (Å²) in [5.74, 6) is 1.02. The Morgan fingerprint density at radius 3 is 3.09 bits per heavy atom. The van der Waals surface area contributed by atoms with Gasteiger partial charge in [-0.2, -0.15) is 0 Å². The first-order valence-electron chi connectivity index (χ1n) is 7.84. The SMILES string of the molecule is O=C(c1ccc(Cl)s1)N1CC[C@@H](Nc2ncnc3c2CCC3)C1. The van der Waals surface area contributed by atoms with Gasteiger partial charge in [0.25, 0.3) is 5.91 Å². The van der Waals surface area contributed by atoms with Crippen molar-refractivity contribution in [1.82, 2.24) is 14.9 Å². The molecular formula is C16H17ClN4OS. The third-order valence-corrected chi connectivity index (χ3v) is 5.69. The Balaban J connectivity index is 1.43. The van der Waals surface area contributed by atoms with E-state index < -0.39 is 0 Å². The van der Waals surface area contributed by atoms with E-state index in [9.17, 15) is 4.79 Å². The highest BCUT2D eigenvalue weighted by Gasteiger charge is 2.29. The van der Waals surface area contributed by atoms with Crippen molar-refractivity contribution in [2.45, 2.75) is 31.7 Å². The molecule has 1 aliphatic heterocycles. The zero-order valence-electron chi connectivity index (χ0n) is 12.6. The fourth-order valence-electron chi connectivity index (χ4n) is 3.32. The van der Waals surface area contributed by atoms with E-state index in [4.69, 9.17) is 11.6 Å². The fourth-order valence-corrected chi connectivity index (χ4v) is 4.34. The maximum atomic E-state index is 12.5. The Hall–Kier alpha value is -1.66. The monoisotopic (exact) mass is 348 g/mol. The molecule has 1 amide bonds. The number of hydrogen-bond acceptors (Lipinski definition) is 5. The average molecular weight is 349 g/mol. The van der Waals surface area contributed by atoms with Crippen LogP contribution in [-0.2, 0) is 12.8 Å². The lowest BCUT2D eigenvalue weighted by atomic mass is 10.2. The molecule has 0 radical (unpaired) electrons. The van der Waals surface area contributed by atoms with Gasteiger partial charge < -0.3 is 10.2 Å². The Bertz CT molecular complexity index is 747. The first-order chi connectivity index (χ1) is 11.2. The zero-order chi connectivity index (χ0) is 15.8. The molecule has 2 aromatic rings. The summed E-state index contributed by atoms with van der Waals surface area (Å²) in [6.07, 6.45) is 5.81. The lowest BCUT2D eigenvalue weighted by Gasteiger charge is -2.17. The number of hydrogen-bond donors (Lipinski definition) is 1. The van der Waals surface area contributed by atoms with Crippen molar-refractivity contribution in [2.75, 3.05) is 18.4 Å². The fraction of sp³-hybridized carbons (Fsp3) is 0.438. The highest BCUT2D eigenvalue weighted by molar-refractivity contribution is 7.17. The molecule has 2 aliphatic rings. The van der Waals surface area contributed by atoms with E-state index in [1.807, 2.05) is 4.90 Å². The van der Waals surface area contributed by atoms with Gasteiger partial charge in [0, 0.05) is 30.4 Å². The van der Waals surface area contributed by atoms with Crippen LogP contribution in [0.25, 0.3) is 0 Å². The number of likely N-dealkylation sites (tertiary alicyclic amines) is 1. The lowest BCUT2D eigenvalue weighted by molar-refractivity contribution is 0.0796. The van der Waals surface area contributed by atoms with Crippen LogP contribution in [0.5, 0.6) is 0 Å². The number of aromatic nitrogens is 2. The molecule has 0 spiro atoms. The van der Waals surface area contributed by atoms with Crippen molar-refractivity contribution in [3.05, 3.63) is 38.9 Å². The van der Waals surface area contributed by atoms with E-state index in [-0.39, 0.29) is 11.9 Å². The molecule has 23 heavy (non-hydrogen) atoms. The van der Waals surface area contributed by atoms with Crippen molar-refractivity contribution in [3.63, 3.8) is 0 Å². The summed E-state index contributed by atoms with van der Waals surface area (Å²) in [6, 6.07) is 3.82. The lowest BCUT2D eigenvalue weighted by Crippen LogP contribution is -2.31. The number of halogens is 1. The minimum Gasteiger partial charge on any atom is -0.365 e. The molecule has 0 unspecified atom stereocenters. The largest absolute Gasteiger partial charge is 0.365 e. The van der Waals surface area contributed by atoms with Gasteiger partial charge in [0.2, 0.25) is 0 Å². The number of amides is 1. The summed E-state index contributed by atoms with van der Waals surface area (Å²) in [7, 11) is 0. The highest BCUT2D eigenvalue weighted by atomic mass is 35.5. The molecule has 1 saturated heterocycles. The van der Waals surface area contributed by atoms with Gasteiger partial charge in [-0.3, -0.25) is 4.79 Å². The molecule has 2 aromatic heterocycles. The standard InChI is InChI=1S/C16H17ClN4OS/c17-14-5-4-13(23-14)16(22)21-7-6-10(8-21)20-15-11-2-1-3-12(11)18-9-19-15/h4-5,9-10H,1-3,6-8H2,(H,18,19,20)/t10-/m1/s1. The molecule has 0 saturated carbocycles. The van der Waals surface area contributed by atoms with Crippen molar-refractivity contribution in [1.29, 1.82) is 0 Å². The van der Waals surface area contributed by atoms with E-state index in [1.165, 1.54) is 22.6 Å². The normalized spacial score (nSPS) is 19.9. The molecule has 3 heterocycles. The van der Waals surface area contributed by atoms with Crippen molar-refractivity contribution >= 4 is 34.7 Å². The third kappa shape index (κ3) is 2.93. The molecule has 1 fully saturated rings. The second-order valence-corrected chi connectivity index (χ2v) is 7.70. The number of thiophene rings is 1. The van der Waals surface area contributed by atoms with Gasteiger partial charge in [0.1, 0.15) is 12.1 Å². The number of aryl methyl sites for hydroxylation is 1. The molecule has 4 rings (SSSR count). The maximum absolute atomic E-state index is 12.5. The number of rotatable bonds is 3. The Kier molecular flexibility index (Phi) is 3.95. The molecular weight excluding hydrogens is 332 g/mol. The quantitative estimate of drug-likeness (QED) is 0.926. The van der Waals surface area contributed by atoms with Gasteiger partial charge in [0.05, 0.1) is 9.21 Å². The predicted molar refractivity (Wildman–Crippen MR) is 91.3 cm³/mol. The van der Waals surface area contributed by atoms with Crippen LogP contribution in [-0.4, -0.2) is 39.9 Å². The summed E-state index contributed by atoms with van der Waals surface area (Å²) in [5, 5.41) is 3.52. The molecule has 1 N–H and O–H groups in total. The van der Waals surface area contributed by atoms with Gasteiger partial charge in [-0.05, 0) is 37.8 Å². The number of nitrogens with one attached hydrogen (secondary N) is 1. The van der Waals surface area contributed by atoms with E-state index in [0.717, 1.165) is 38.0 Å². The second kappa shape index (κ2) is 6.09. The molecule has 1 aliphatic carbocycles. The first kappa shape index (κ1) is 14.9. The summed E-state index contributed by atoms with van der Waals surface area (Å²) in [6.45, 7) is 1.46.